The highest BCUT2D eigenvalue weighted by Gasteiger charge is 2.36. The number of nitrogens with zero attached hydrogens (tertiary/aromatic N) is 1. The zero-order valence-corrected chi connectivity index (χ0v) is 10.8. The van der Waals surface area contributed by atoms with Gasteiger partial charge in [0.1, 0.15) is 11.6 Å². The number of carboxylic acid groups (broad SMARTS) is 1. The summed E-state index contributed by atoms with van der Waals surface area (Å²) < 4.78 is 26.3. The van der Waals surface area contributed by atoms with Gasteiger partial charge in [0.15, 0.2) is 0 Å². The highest BCUT2D eigenvalue weighted by molar-refractivity contribution is 5.74. The van der Waals surface area contributed by atoms with Gasteiger partial charge in [0.2, 0.25) is 0 Å². The van der Waals surface area contributed by atoms with Crippen LogP contribution in [-0.4, -0.2) is 29.1 Å². The third-order valence-electron chi connectivity index (χ3n) is 3.88. The molecule has 5 heteroatoms. The highest BCUT2D eigenvalue weighted by atomic mass is 19.1. The van der Waals surface area contributed by atoms with Crippen molar-refractivity contribution >= 4 is 5.97 Å². The van der Waals surface area contributed by atoms with Crippen molar-refractivity contribution in [2.45, 2.75) is 26.3 Å². The van der Waals surface area contributed by atoms with Gasteiger partial charge in [0, 0.05) is 18.2 Å². The molecule has 0 spiro atoms. The number of aliphatic carboxylic acids is 1. The van der Waals surface area contributed by atoms with Gasteiger partial charge in [0.05, 0.1) is 5.41 Å². The average Bonchev–Trinajstić information content (AvgIpc) is 2.35. The summed E-state index contributed by atoms with van der Waals surface area (Å²) in [5.74, 6) is -1.91. The van der Waals surface area contributed by atoms with Gasteiger partial charge >= 0.3 is 5.97 Å². The SMILES string of the molecule is CC1(C(=O)O)CCN(Cc2ccc(F)cc2F)CC1. The Morgan fingerprint density at radius 3 is 2.53 bits per heavy atom. The Kier molecular flexibility index (Phi) is 3.85. The fraction of sp³-hybridized carbons (Fsp3) is 0.500. The highest BCUT2D eigenvalue weighted by Crippen LogP contribution is 2.31. The van der Waals surface area contributed by atoms with Crippen LogP contribution < -0.4 is 0 Å². The molecule has 0 aliphatic carbocycles. The Bertz CT molecular complexity index is 482. The summed E-state index contributed by atoms with van der Waals surface area (Å²) in [7, 11) is 0. The van der Waals surface area contributed by atoms with Crippen LogP contribution in [0.4, 0.5) is 8.78 Å². The van der Waals surface area contributed by atoms with Gasteiger partial charge < -0.3 is 5.11 Å². The molecule has 0 bridgehead atoms. The molecule has 1 aliphatic rings. The van der Waals surface area contributed by atoms with E-state index in [0.29, 0.717) is 38.0 Å². The second kappa shape index (κ2) is 5.25. The van der Waals surface area contributed by atoms with E-state index in [1.807, 2.05) is 4.90 Å². The van der Waals surface area contributed by atoms with Gasteiger partial charge in [-0.1, -0.05) is 6.07 Å². The summed E-state index contributed by atoms with van der Waals surface area (Å²) >= 11 is 0. The molecule has 0 unspecified atom stereocenters. The van der Waals surface area contributed by atoms with Gasteiger partial charge in [-0.3, -0.25) is 9.69 Å². The van der Waals surface area contributed by atoms with E-state index in [9.17, 15) is 13.6 Å². The number of likely N-dealkylation sites (tertiary alicyclic amines) is 1. The molecule has 0 amide bonds. The summed E-state index contributed by atoms with van der Waals surface area (Å²) in [6.07, 6.45) is 1.09. The molecule has 0 saturated carbocycles. The average molecular weight is 269 g/mol. The van der Waals surface area contributed by atoms with Crippen LogP contribution in [0.2, 0.25) is 0 Å². The number of hydrogen-bond donors (Lipinski definition) is 1. The summed E-state index contributed by atoms with van der Waals surface area (Å²) in [5, 5.41) is 9.13. The smallest absolute Gasteiger partial charge is 0.309 e. The van der Waals surface area contributed by atoms with Crippen LogP contribution in [0.15, 0.2) is 18.2 Å². The van der Waals surface area contributed by atoms with Gasteiger partial charge in [-0.05, 0) is 38.9 Å². The fourth-order valence-electron chi connectivity index (χ4n) is 2.31. The molecule has 104 valence electrons. The lowest BCUT2D eigenvalue weighted by molar-refractivity contribution is -0.150. The molecule has 0 aromatic heterocycles. The van der Waals surface area contributed by atoms with E-state index < -0.39 is 23.0 Å². The molecule has 1 saturated heterocycles. The van der Waals surface area contributed by atoms with Crippen molar-refractivity contribution in [3.63, 3.8) is 0 Å². The Hall–Kier alpha value is -1.49. The van der Waals surface area contributed by atoms with Gasteiger partial charge in [-0.15, -0.1) is 0 Å². The zero-order valence-electron chi connectivity index (χ0n) is 10.8. The van der Waals surface area contributed by atoms with Crippen LogP contribution >= 0.6 is 0 Å². The minimum Gasteiger partial charge on any atom is -0.481 e. The van der Waals surface area contributed by atoms with E-state index in [-0.39, 0.29) is 0 Å². The molecular weight excluding hydrogens is 252 g/mol. The topological polar surface area (TPSA) is 40.5 Å². The first kappa shape index (κ1) is 13.9. The number of halogens is 2. The quantitative estimate of drug-likeness (QED) is 0.917. The normalized spacial score (nSPS) is 19.3. The first-order valence-corrected chi connectivity index (χ1v) is 6.30. The summed E-state index contributed by atoms with van der Waals surface area (Å²) in [6, 6.07) is 3.56. The predicted octanol–water partition coefficient (Wildman–Crippen LogP) is 2.65. The van der Waals surface area contributed by atoms with Crippen LogP contribution in [-0.2, 0) is 11.3 Å². The van der Waals surface area contributed by atoms with Crippen molar-refractivity contribution in [2.24, 2.45) is 5.41 Å². The van der Waals surface area contributed by atoms with Gasteiger partial charge in [-0.2, -0.15) is 0 Å². The fourth-order valence-corrected chi connectivity index (χ4v) is 2.31. The number of benzene rings is 1. The molecule has 19 heavy (non-hydrogen) atoms. The van der Waals surface area contributed by atoms with Crippen molar-refractivity contribution in [2.75, 3.05) is 13.1 Å². The molecule has 1 heterocycles. The monoisotopic (exact) mass is 269 g/mol. The van der Waals surface area contributed by atoms with Crippen molar-refractivity contribution in [1.82, 2.24) is 4.90 Å². The van der Waals surface area contributed by atoms with E-state index in [0.717, 1.165) is 6.07 Å². The minimum atomic E-state index is -0.778. The summed E-state index contributed by atoms with van der Waals surface area (Å²) in [4.78, 5) is 13.1. The van der Waals surface area contributed by atoms with Crippen molar-refractivity contribution in [1.29, 1.82) is 0 Å². The maximum Gasteiger partial charge on any atom is 0.309 e. The van der Waals surface area contributed by atoms with Gasteiger partial charge in [0.25, 0.3) is 0 Å². The zero-order chi connectivity index (χ0) is 14.0. The number of piperidine rings is 1. The second-order valence-corrected chi connectivity index (χ2v) is 5.38. The Morgan fingerprint density at radius 2 is 2.00 bits per heavy atom. The lowest BCUT2D eigenvalue weighted by atomic mass is 9.80. The largest absolute Gasteiger partial charge is 0.481 e. The Balaban J connectivity index is 1.98. The lowest BCUT2D eigenvalue weighted by Gasteiger charge is -2.36. The van der Waals surface area contributed by atoms with Crippen molar-refractivity contribution < 1.29 is 18.7 Å². The second-order valence-electron chi connectivity index (χ2n) is 5.38. The van der Waals surface area contributed by atoms with E-state index in [1.54, 1.807) is 6.92 Å². The molecular formula is C14H17F2NO2. The van der Waals surface area contributed by atoms with E-state index in [2.05, 4.69) is 0 Å². The van der Waals surface area contributed by atoms with Crippen LogP contribution in [0.1, 0.15) is 25.3 Å². The molecule has 0 radical (unpaired) electrons. The van der Waals surface area contributed by atoms with Crippen LogP contribution in [0, 0.1) is 17.0 Å². The van der Waals surface area contributed by atoms with E-state index >= 15 is 0 Å². The molecule has 1 fully saturated rings. The standard InChI is InChI=1S/C14H17F2NO2/c1-14(13(18)19)4-6-17(7-5-14)9-10-2-3-11(15)8-12(10)16/h2-3,8H,4-7,9H2,1H3,(H,18,19). The summed E-state index contributed by atoms with van der Waals surface area (Å²) in [5.41, 5.74) is -0.238. The number of carboxylic acids is 1. The number of hydrogen-bond acceptors (Lipinski definition) is 2. The van der Waals surface area contributed by atoms with E-state index in [1.165, 1.54) is 12.1 Å². The van der Waals surface area contributed by atoms with Gasteiger partial charge in [-0.25, -0.2) is 8.78 Å². The number of rotatable bonds is 3. The van der Waals surface area contributed by atoms with Crippen LogP contribution in [0.3, 0.4) is 0 Å². The molecule has 2 rings (SSSR count). The maximum atomic E-state index is 13.5. The minimum absolute atomic E-state index is 0.391. The third kappa shape index (κ3) is 3.10. The maximum absolute atomic E-state index is 13.5. The molecule has 1 aromatic rings. The Morgan fingerprint density at radius 1 is 1.37 bits per heavy atom. The summed E-state index contributed by atoms with van der Waals surface area (Å²) in [6.45, 7) is 3.35. The lowest BCUT2D eigenvalue weighted by Crippen LogP contribution is -2.42. The molecule has 0 atom stereocenters. The Labute approximate surface area is 110 Å². The van der Waals surface area contributed by atoms with E-state index in [4.69, 9.17) is 5.11 Å². The first-order chi connectivity index (χ1) is 8.90. The predicted molar refractivity (Wildman–Crippen MR) is 66.6 cm³/mol. The molecule has 1 N–H and O–H groups in total. The third-order valence-corrected chi connectivity index (χ3v) is 3.88. The number of carbonyl (C=O) groups is 1. The first-order valence-electron chi connectivity index (χ1n) is 6.30. The van der Waals surface area contributed by atoms with Crippen molar-refractivity contribution in [3.05, 3.63) is 35.4 Å². The molecule has 1 aliphatic heterocycles. The van der Waals surface area contributed by atoms with Crippen molar-refractivity contribution in [3.8, 4) is 0 Å². The molecule has 1 aromatic carbocycles. The molecule has 3 nitrogen and oxygen atoms in total. The van der Waals surface area contributed by atoms with Crippen LogP contribution in [0.25, 0.3) is 0 Å². The van der Waals surface area contributed by atoms with Crippen LogP contribution in [0.5, 0.6) is 0 Å².